The van der Waals surface area contributed by atoms with Gasteiger partial charge in [-0.3, -0.25) is 9.59 Å². The maximum atomic E-state index is 12.9. The van der Waals surface area contributed by atoms with Crippen molar-refractivity contribution in [1.82, 2.24) is 19.8 Å². The summed E-state index contributed by atoms with van der Waals surface area (Å²) in [6.45, 7) is 3.35. The molecule has 2 heterocycles. The molecule has 2 aromatic rings. The van der Waals surface area contributed by atoms with Gasteiger partial charge in [-0.15, -0.1) is 0 Å². The zero-order valence-electron chi connectivity index (χ0n) is 14.5. The van der Waals surface area contributed by atoms with Crippen LogP contribution in [0.3, 0.4) is 0 Å². The summed E-state index contributed by atoms with van der Waals surface area (Å²) in [5.41, 5.74) is 1.04. The molecule has 1 saturated heterocycles. The molecule has 0 saturated carbocycles. The summed E-state index contributed by atoms with van der Waals surface area (Å²) in [5.74, 6) is -0.168. The van der Waals surface area contributed by atoms with Gasteiger partial charge in [0.15, 0.2) is 0 Å². The van der Waals surface area contributed by atoms with E-state index in [9.17, 15) is 9.59 Å². The Morgan fingerprint density at radius 3 is 2.56 bits per heavy atom. The van der Waals surface area contributed by atoms with E-state index in [1.807, 2.05) is 35.2 Å². The zero-order chi connectivity index (χ0) is 17.6. The van der Waals surface area contributed by atoms with Crippen LogP contribution in [-0.2, 0) is 16.0 Å². The third-order valence-electron chi connectivity index (χ3n) is 4.67. The zero-order valence-corrected chi connectivity index (χ0v) is 14.5. The molecule has 0 bridgehead atoms. The number of carbonyl (C=O) groups excluding carboxylic acids is 2. The van der Waals surface area contributed by atoms with Crippen LogP contribution in [0.25, 0.3) is 0 Å². The molecular weight excluding hydrogens is 316 g/mol. The highest BCUT2D eigenvalue weighted by atomic mass is 16.2. The average Bonchev–Trinajstić information content (AvgIpc) is 3.34. The van der Waals surface area contributed by atoms with Crippen LogP contribution in [0.1, 0.15) is 31.4 Å². The van der Waals surface area contributed by atoms with E-state index in [1.54, 1.807) is 30.2 Å². The van der Waals surface area contributed by atoms with Gasteiger partial charge in [-0.05, 0) is 25.3 Å². The van der Waals surface area contributed by atoms with E-state index >= 15 is 0 Å². The van der Waals surface area contributed by atoms with Crippen LogP contribution < -0.4 is 5.32 Å². The quantitative estimate of drug-likeness (QED) is 0.872. The van der Waals surface area contributed by atoms with Crippen LogP contribution in [-0.4, -0.2) is 45.4 Å². The van der Waals surface area contributed by atoms with Crippen LogP contribution in [0, 0.1) is 0 Å². The van der Waals surface area contributed by atoms with Crippen molar-refractivity contribution < 1.29 is 9.59 Å². The second kappa shape index (κ2) is 7.96. The van der Waals surface area contributed by atoms with Crippen molar-refractivity contribution in [2.45, 2.75) is 38.3 Å². The lowest BCUT2D eigenvalue weighted by Gasteiger charge is -2.25. The molecule has 1 aromatic heterocycles. The lowest BCUT2D eigenvalue weighted by Crippen LogP contribution is -2.50. The summed E-state index contributed by atoms with van der Waals surface area (Å²) < 4.78 is 1.73. The lowest BCUT2D eigenvalue weighted by atomic mass is 10.0. The normalized spacial score (nSPS) is 16.4. The Labute approximate surface area is 147 Å². The predicted molar refractivity (Wildman–Crippen MR) is 94.8 cm³/mol. The summed E-state index contributed by atoms with van der Waals surface area (Å²) in [7, 11) is 0. The molecule has 2 atom stereocenters. The Hall–Kier alpha value is -2.63. The third kappa shape index (κ3) is 4.26. The van der Waals surface area contributed by atoms with Crippen LogP contribution in [0.4, 0.5) is 0 Å². The van der Waals surface area contributed by atoms with E-state index < -0.39 is 12.1 Å². The van der Waals surface area contributed by atoms with Crippen molar-refractivity contribution in [1.29, 1.82) is 0 Å². The standard InChI is InChI=1S/C19H24N4O2/c1-15(23-12-9-20-14-23)18(24)21-17(13-16-7-3-2-4-8-16)19(25)22-10-5-6-11-22/h2-4,7-9,12,14-15,17H,5-6,10-11,13H2,1H3,(H,21,24)/t15-,17+/m1/s1. The highest BCUT2D eigenvalue weighted by Gasteiger charge is 2.29. The molecule has 1 aromatic carbocycles. The molecule has 2 amide bonds. The van der Waals surface area contributed by atoms with Gasteiger partial charge in [0.2, 0.25) is 11.8 Å². The van der Waals surface area contributed by atoms with Crippen LogP contribution in [0.5, 0.6) is 0 Å². The fourth-order valence-electron chi connectivity index (χ4n) is 3.13. The number of likely N-dealkylation sites (tertiary alicyclic amines) is 1. The number of nitrogens with zero attached hydrogens (tertiary/aromatic N) is 3. The van der Waals surface area contributed by atoms with E-state index in [0.29, 0.717) is 6.42 Å². The van der Waals surface area contributed by atoms with Gasteiger partial charge < -0.3 is 14.8 Å². The molecule has 1 aliphatic heterocycles. The fraction of sp³-hybridized carbons (Fsp3) is 0.421. The van der Waals surface area contributed by atoms with Crippen molar-refractivity contribution in [3.63, 3.8) is 0 Å². The number of amides is 2. The second-order valence-corrected chi connectivity index (χ2v) is 6.47. The summed E-state index contributed by atoms with van der Waals surface area (Å²) in [5, 5.41) is 2.95. The van der Waals surface area contributed by atoms with E-state index in [4.69, 9.17) is 0 Å². The van der Waals surface area contributed by atoms with Crippen molar-refractivity contribution >= 4 is 11.8 Å². The van der Waals surface area contributed by atoms with Crippen LogP contribution in [0.15, 0.2) is 49.1 Å². The van der Waals surface area contributed by atoms with Crippen LogP contribution >= 0.6 is 0 Å². The monoisotopic (exact) mass is 340 g/mol. The number of hydrogen-bond acceptors (Lipinski definition) is 3. The summed E-state index contributed by atoms with van der Waals surface area (Å²) in [4.78, 5) is 31.4. The lowest BCUT2D eigenvalue weighted by molar-refractivity contribution is -0.136. The first-order chi connectivity index (χ1) is 12.1. The summed E-state index contributed by atoms with van der Waals surface area (Å²) >= 11 is 0. The molecule has 6 nitrogen and oxygen atoms in total. The Morgan fingerprint density at radius 2 is 1.92 bits per heavy atom. The summed E-state index contributed by atoms with van der Waals surface area (Å²) in [6, 6.07) is 8.85. The molecule has 1 aliphatic rings. The van der Waals surface area contributed by atoms with Gasteiger partial charge in [0, 0.05) is 31.9 Å². The maximum absolute atomic E-state index is 12.9. The third-order valence-corrected chi connectivity index (χ3v) is 4.67. The summed E-state index contributed by atoms with van der Waals surface area (Å²) in [6.07, 6.45) is 7.56. The minimum atomic E-state index is -0.543. The number of imidazole rings is 1. The van der Waals surface area contributed by atoms with Gasteiger partial charge in [-0.25, -0.2) is 4.98 Å². The number of aromatic nitrogens is 2. The Balaban J connectivity index is 1.73. The smallest absolute Gasteiger partial charge is 0.245 e. The van der Waals surface area contributed by atoms with Crippen molar-refractivity contribution in [2.24, 2.45) is 0 Å². The first-order valence-electron chi connectivity index (χ1n) is 8.75. The molecule has 0 aliphatic carbocycles. The molecule has 1 fully saturated rings. The van der Waals surface area contributed by atoms with Crippen molar-refractivity contribution in [3.8, 4) is 0 Å². The van der Waals surface area contributed by atoms with E-state index in [2.05, 4.69) is 10.3 Å². The number of nitrogens with one attached hydrogen (secondary N) is 1. The van der Waals surface area contributed by atoms with E-state index in [0.717, 1.165) is 31.5 Å². The Bertz CT molecular complexity index is 693. The first kappa shape index (κ1) is 17.2. The molecule has 0 unspecified atom stereocenters. The Morgan fingerprint density at radius 1 is 1.20 bits per heavy atom. The van der Waals surface area contributed by atoms with Crippen molar-refractivity contribution in [2.75, 3.05) is 13.1 Å². The van der Waals surface area contributed by atoms with Gasteiger partial charge in [0.05, 0.1) is 6.33 Å². The number of carbonyl (C=O) groups is 2. The van der Waals surface area contributed by atoms with Gasteiger partial charge >= 0.3 is 0 Å². The average molecular weight is 340 g/mol. The highest BCUT2D eigenvalue weighted by molar-refractivity contribution is 5.89. The maximum Gasteiger partial charge on any atom is 0.245 e. The number of hydrogen-bond donors (Lipinski definition) is 1. The van der Waals surface area contributed by atoms with Crippen LogP contribution in [0.2, 0.25) is 0 Å². The second-order valence-electron chi connectivity index (χ2n) is 6.47. The minimum Gasteiger partial charge on any atom is -0.342 e. The molecule has 0 spiro atoms. The highest BCUT2D eigenvalue weighted by Crippen LogP contribution is 2.13. The largest absolute Gasteiger partial charge is 0.342 e. The Kier molecular flexibility index (Phi) is 5.48. The topological polar surface area (TPSA) is 67.2 Å². The molecule has 0 radical (unpaired) electrons. The molecule has 132 valence electrons. The molecule has 25 heavy (non-hydrogen) atoms. The van der Waals surface area contributed by atoms with E-state index in [1.165, 1.54) is 0 Å². The molecule has 1 N–H and O–H groups in total. The minimum absolute atomic E-state index is 0.00698. The number of rotatable bonds is 6. The molecule has 6 heteroatoms. The van der Waals surface area contributed by atoms with Gasteiger partial charge in [-0.1, -0.05) is 30.3 Å². The van der Waals surface area contributed by atoms with Gasteiger partial charge in [0.1, 0.15) is 12.1 Å². The predicted octanol–water partition coefficient (Wildman–Crippen LogP) is 1.79. The number of benzene rings is 1. The van der Waals surface area contributed by atoms with Crippen molar-refractivity contribution in [3.05, 3.63) is 54.6 Å². The fourth-order valence-corrected chi connectivity index (χ4v) is 3.13. The van der Waals surface area contributed by atoms with Gasteiger partial charge in [-0.2, -0.15) is 0 Å². The van der Waals surface area contributed by atoms with Gasteiger partial charge in [0.25, 0.3) is 0 Å². The van der Waals surface area contributed by atoms with E-state index in [-0.39, 0.29) is 11.8 Å². The first-order valence-corrected chi connectivity index (χ1v) is 8.75. The molecule has 3 rings (SSSR count). The molecular formula is C19H24N4O2. The SMILES string of the molecule is C[C@H](C(=O)N[C@@H](Cc1ccccc1)C(=O)N1CCCC1)n1ccnc1.